The van der Waals surface area contributed by atoms with Crippen LogP contribution in [0.4, 0.5) is 5.88 Å². The summed E-state index contributed by atoms with van der Waals surface area (Å²) in [6.07, 6.45) is 1.45. The van der Waals surface area contributed by atoms with Gasteiger partial charge in [0.25, 0.3) is 5.91 Å². The van der Waals surface area contributed by atoms with Crippen LogP contribution in [0, 0.1) is 10.1 Å². The molecule has 100 valence electrons. The Bertz CT molecular complexity index is 589. The normalized spacial score (nSPS) is 19.4. The zero-order valence-electron chi connectivity index (χ0n) is 10.2. The number of thioether (sulfide) groups is 1. The van der Waals surface area contributed by atoms with E-state index in [-0.39, 0.29) is 23.6 Å². The molecule has 0 spiro atoms. The molecule has 1 amide bonds. The van der Waals surface area contributed by atoms with E-state index >= 15 is 0 Å². The van der Waals surface area contributed by atoms with Gasteiger partial charge in [0.2, 0.25) is 0 Å². The fourth-order valence-corrected chi connectivity index (χ4v) is 2.30. The molecule has 1 aromatic heterocycles. The van der Waals surface area contributed by atoms with E-state index in [0.29, 0.717) is 10.1 Å². The number of nitrogens with zero attached hydrogens (tertiary/aromatic N) is 2. The van der Waals surface area contributed by atoms with Crippen molar-refractivity contribution in [1.29, 1.82) is 0 Å². The third-order valence-electron chi connectivity index (χ3n) is 2.09. The van der Waals surface area contributed by atoms with Crippen LogP contribution in [-0.2, 0) is 4.79 Å². The smallest absolute Gasteiger partial charge is 0.401 e. The van der Waals surface area contributed by atoms with Gasteiger partial charge in [-0.25, -0.2) is 0 Å². The summed E-state index contributed by atoms with van der Waals surface area (Å²) in [6, 6.07) is 2.76. The summed E-state index contributed by atoms with van der Waals surface area (Å²) in [5.41, 5.74) is 0. The van der Waals surface area contributed by atoms with Gasteiger partial charge in [0, 0.05) is 12.1 Å². The molecule has 0 unspecified atom stereocenters. The highest BCUT2D eigenvalue weighted by Crippen LogP contribution is 2.27. The molecule has 1 aliphatic heterocycles. The van der Waals surface area contributed by atoms with E-state index < -0.39 is 4.92 Å². The quantitative estimate of drug-likeness (QED) is 0.520. The molecule has 1 aliphatic rings. The minimum Gasteiger partial charge on any atom is -0.401 e. The average Bonchev–Trinajstić information content (AvgIpc) is 2.87. The van der Waals surface area contributed by atoms with Crippen LogP contribution in [-0.4, -0.2) is 22.0 Å². The van der Waals surface area contributed by atoms with Crippen molar-refractivity contribution in [1.82, 2.24) is 5.32 Å². The number of amidine groups is 1. The molecule has 2 rings (SSSR count). The van der Waals surface area contributed by atoms with Crippen molar-refractivity contribution in [2.24, 2.45) is 4.99 Å². The standard InChI is InChI=1S/C11H11N3O4S/c1-6(2)12-11-13-10(15)8(19-11)5-7-3-4-9(18-7)14(16)17/h3-6H,1-2H3,(H,12,13,15). The van der Waals surface area contributed by atoms with E-state index in [1.165, 1.54) is 30.0 Å². The van der Waals surface area contributed by atoms with Crippen molar-refractivity contribution in [3.8, 4) is 0 Å². The van der Waals surface area contributed by atoms with Gasteiger partial charge in [-0.3, -0.25) is 19.9 Å². The molecule has 0 aromatic carbocycles. The van der Waals surface area contributed by atoms with Crippen LogP contribution in [0.2, 0.25) is 0 Å². The largest absolute Gasteiger partial charge is 0.433 e. The van der Waals surface area contributed by atoms with E-state index in [1.807, 2.05) is 13.8 Å². The number of rotatable bonds is 3. The van der Waals surface area contributed by atoms with Gasteiger partial charge < -0.3 is 9.73 Å². The van der Waals surface area contributed by atoms with Crippen LogP contribution in [0.1, 0.15) is 19.6 Å². The Labute approximate surface area is 112 Å². The van der Waals surface area contributed by atoms with E-state index in [2.05, 4.69) is 10.3 Å². The Morgan fingerprint density at radius 1 is 1.53 bits per heavy atom. The Balaban J connectivity index is 2.19. The second kappa shape index (κ2) is 5.27. The van der Waals surface area contributed by atoms with E-state index in [4.69, 9.17) is 4.42 Å². The summed E-state index contributed by atoms with van der Waals surface area (Å²) < 4.78 is 4.96. The SMILES string of the molecule is CC(C)N=C1NC(=O)C(=Cc2ccc([N+](=O)[O-])o2)S1. The zero-order chi connectivity index (χ0) is 14.0. The van der Waals surface area contributed by atoms with Gasteiger partial charge in [-0.05, 0) is 31.7 Å². The molecule has 1 N–H and O–H groups in total. The maximum atomic E-state index is 11.7. The molecule has 0 aliphatic carbocycles. The zero-order valence-corrected chi connectivity index (χ0v) is 11.1. The second-order valence-corrected chi connectivity index (χ2v) is 5.06. The van der Waals surface area contributed by atoms with Crippen LogP contribution in [0.25, 0.3) is 6.08 Å². The molecule has 19 heavy (non-hydrogen) atoms. The minimum atomic E-state index is -0.629. The van der Waals surface area contributed by atoms with E-state index in [1.54, 1.807) is 0 Å². The van der Waals surface area contributed by atoms with Gasteiger partial charge in [-0.2, -0.15) is 0 Å². The summed E-state index contributed by atoms with van der Waals surface area (Å²) in [4.78, 5) is 26.1. The van der Waals surface area contributed by atoms with Crippen LogP contribution in [0.3, 0.4) is 0 Å². The number of nitrogens with one attached hydrogen (secondary N) is 1. The predicted molar refractivity (Wildman–Crippen MR) is 71.6 cm³/mol. The van der Waals surface area contributed by atoms with Gasteiger partial charge in [-0.1, -0.05) is 0 Å². The fourth-order valence-electron chi connectivity index (χ4n) is 1.37. The van der Waals surface area contributed by atoms with Crippen molar-refractivity contribution >= 4 is 34.8 Å². The Hall–Kier alpha value is -2.09. The van der Waals surface area contributed by atoms with Crippen molar-refractivity contribution in [2.45, 2.75) is 19.9 Å². The Morgan fingerprint density at radius 2 is 2.26 bits per heavy atom. The summed E-state index contributed by atoms with van der Waals surface area (Å²) in [7, 11) is 0. The monoisotopic (exact) mass is 281 g/mol. The minimum absolute atomic E-state index is 0.0758. The molecular weight excluding hydrogens is 270 g/mol. The lowest BCUT2D eigenvalue weighted by molar-refractivity contribution is -0.402. The molecule has 1 aromatic rings. The number of hydrogen-bond donors (Lipinski definition) is 1. The highest BCUT2D eigenvalue weighted by molar-refractivity contribution is 8.18. The number of hydrogen-bond acceptors (Lipinski definition) is 6. The highest BCUT2D eigenvalue weighted by Gasteiger charge is 2.24. The second-order valence-electron chi connectivity index (χ2n) is 4.03. The molecule has 8 heteroatoms. The third kappa shape index (κ3) is 3.22. The number of furan rings is 1. The van der Waals surface area contributed by atoms with Crippen molar-refractivity contribution in [3.05, 3.63) is 32.9 Å². The first-order valence-electron chi connectivity index (χ1n) is 5.48. The fraction of sp³-hybridized carbons (Fsp3) is 0.273. The lowest BCUT2D eigenvalue weighted by atomic mass is 10.4. The van der Waals surface area contributed by atoms with Gasteiger partial charge in [-0.15, -0.1) is 0 Å². The Kier molecular flexibility index (Phi) is 3.70. The van der Waals surface area contributed by atoms with E-state index in [0.717, 1.165) is 0 Å². The van der Waals surface area contributed by atoms with Crippen molar-refractivity contribution in [3.63, 3.8) is 0 Å². The maximum absolute atomic E-state index is 11.7. The Morgan fingerprint density at radius 3 is 2.84 bits per heavy atom. The summed E-state index contributed by atoms with van der Waals surface area (Å²) >= 11 is 1.18. The molecule has 1 fully saturated rings. The van der Waals surface area contributed by atoms with Crippen molar-refractivity contribution < 1.29 is 14.1 Å². The molecule has 2 heterocycles. The van der Waals surface area contributed by atoms with Crippen molar-refractivity contribution in [2.75, 3.05) is 0 Å². The number of carbonyl (C=O) groups excluding carboxylic acids is 1. The average molecular weight is 281 g/mol. The van der Waals surface area contributed by atoms with Crippen LogP contribution >= 0.6 is 11.8 Å². The van der Waals surface area contributed by atoms with Gasteiger partial charge >= 0.3 is 5.88 Å². The van der Waals surface area contributed by atoms with Gasteiger partial charge in [0.1, 0.15) is 10.7 Å². The van der Waals surface area contributed by atoms with Gasteiger partial charge in [0.15, 0.2) is 5.17 Å². The van der Waals surface area contributed by atoms with Gasteiger partial charge in [0.05, 0.1) is 11.0 Å². The number of carbonyl (C=O) groups is 1. The molecule has 0 atom stereocenters. The van der Waals surface area contributed by atoms with Crippen LogP contribution < -0.4 is 5.32 Å². The lowest BCUT2D eigenvalue weighted by Gasteiger charge is -1.97. The molecule has 0 bridgehead atoms. The molecule has 1 saturated heterocycles. The topological polar surface area (TPSA) is 97.7 Å². The van der Waals surface area contributed by atoms with Crippen LogP contribution in [0.15, 0.2) is 26.4 Å². The lowest BCUT2D eigenvalue weighted by Crippen LogP contribution is -2.20. The molecular formula is C11H11N3O4S. The first-order chi connectivity index (χ1) is 8.95. The van der Waals surface area contributed by atoms with Crippen LogP contribution in [0.5, 0.6) is 0 Å². The van der Waals surface area contributed by atoms with E-state index in [9.17, 15) is 14.9 Å². The summed E-state index contributed by atoms with van der Waals surface area (Å²) in [5.74, 6) is -0.384. The number of aliphatic imine (C=N–C) groups is 1. The predicted octanol–water partition coefficient (Wildman–Crippen LogP) is 2.16. The maximum Gasteiger partial charge on any atom is 0.433 e. The summed E-state index contributed by atoms with van der Waals surface area (Å²) in [6.45, 7) is 3.80. The summed E-state index contributed by atoms with van der Waals surface area (Å²) in [5, 5.41) is 13.6. The number of nitro groups is 1. The first-order valence-corrected chi connectivity index (χ1v) is 6.30. The molecule has 0 saturated carbocycles. The molecule has 0 radical (unpaired) electrons. The first kappa shape index (κ1) is 13.3. The highest BCUT2D eigenvalue weighted by atomic mass is 32.2. The third-order valence-corrected chi connectivity index (χ3v) is 3.02. The molecule has 7 nitrogen and oxygen atoms in total. The number of amides is 1.